The fraction of sp³-hybridized carbons (Fsp3) is 0.240. The molecule has 6 heteroatoms. The van der Waals surface area contributed by atoms with Gasteiger partial charge in [-0.3, -0.25) is 9.68 Å². The number of fused-ring (bicyclic) bond motifs is 3. The third-order valence-electron chi connectivity index (χ3n) is 6.12. The van der Waals surface area contributed by atoms with Crippen LogP contribution in [0.2, 0.25) is 0 Å². The molecule has 2 aliphatic heterocycles. The lowest BCUT2D eigenvalue weighted by molar-refractivity contribution is -0.176. The van der Waals surface area contributed by atoms with E-state index in [4.69, 9.17) is 9.68 Å². The van der Waals surface area contributed by atoms with Crippen LogP contribution in [0.1, 0.15) is 23.6 Å². The molecule has 0 spiro atoms. The third-order valence-corrected chi connectivity index (χ3v) is 6.12. The third kappa shape index (κ3) is 3.15. The highest BCUT2D eigenvalue weighted by Gasteiger charge is 2.64. The maximum absolute atomic E-state index is 13.5. The summed E-state index contributed by atoms with van der Waals surface area (Å²) < 4.78 is 0. The summed E-state index contributed by atoms with van der Waals surface area (Å²) in [5.41, 5.74) is 3.38. The van der Waals surface area contributed by atoms with E-state index in [1.807, 2.05) is 86.8 Å². The second-order valence-electron chi connectivity index (χ2n) is 8.07. The zero-order chi connectivity index (χ0) is 21.4. The number of anilines is 1. The van der Waals surface area contributed by atoms with Gasteiger partial charge in [-0.1, -0.05) is 78.9 Å². The minimum atomic E-state index is -0.714. The van der Waals surface area contributed by atoms with Gasteiger partial charge in [0.05, 0.1) is 0 Å². The number of para-hydroxylation sites is 1. The number of benzene rings is 3. The van der Waals surface area contributed by atoms with Crippen LogP contribution in [-0.2, 0) is 28.4 Å². The Kier molecular flexibility index (Phi) is 4.88. The molecule has 1 saturated heterocycles. The standard InChI is InChI=1S/C25H25N3O3/c1-25-21-15-9-10-16-22(21)26(2)23(25)27(30-17-19-11-5-3-6-12-19)24(29)28(25)31-18-20-13-7-4-8-14-20/h3-16,23H,17-18H2,1-2H3/t23-,25-/m0/s1. The van der Waals surface area contributed by atoms with Gasteiger partial charge in [0.25, 0.3) is 0 Å². The van der Waals surface area contributed by atoms with Gasteiger partial charge in [-0.2, -0.15) is 10.1 Å². The van der Waals surface area contributed by atoms with Gasteiger partial charge in [-0.05, 0) is 24.1 Å². The molecular weight excluding hydrogens is 390 g/mol. The van der Waals surface area contributed by atoms with Crippen molar-refractivity contribution >= 4 is 11.7 Å². The summed E-state index contributed by atoms with van der Waals surface area (Å²) in [4.78, 5) is 27.8. The molecule has 0 unspecified atom stereocenters. The lowest BCUT2D eigenvalue weighted by Crippen LogP contribution is -2.49. The van der Waals surface area contributed by atoms with Crippen LogP contribution in [0.25, 0.3) is 0 Å². The van der Waals surface area contributed by atoms with Crippen LogP contribution in [0.4, 0.5) is 10.5 Å². The van der Waals surface area contributed by atoms with Crippen molar-refractivity contribution in [3.05, 3.63) is 102 Å². The van der Waals surface area contributed by atoms with Crippen LogP contribution in [0.5, 0.6) is 0 Å². The Morgan fingerprint density at radius 3 is 2.00 bits per heavy atom. The zero-order valence-corrected chi connectivity index (χ0v) is 17.6. The minimum absolute atomic E-state index is 0.299. The Morgan fingerprint density at radius 2 is 1.35 bits per heavy atom. The Balaban J connectivity index is 1.47. The molecule has 2 amide bonds. The molecule has 3 aromatic carbocycles. The van der Waals surface area contributed by atoms with Crippen LogP contribution in [0.15, 0.2) is 84.9 Å². The largest absolute Gasteiger partial charge is 0.370 e. The molecule has 158 valence electrons. The van der Waals surface area contributed by atoms with Gasteiger partial charge in [0.1, 0.15) is 18.8 Å². The van der Waals surface area contributed by atoms with Gasteiger partial charge >= 0.3 is 6.03 Å². The normalized spacial score (nSPS) is 22.1. The number of likely N-dealkylation sites (N-methyl/N-ethyl adjacent to an activating group) is 1. The van der Waals surface area contributed by atoms with Crippen LogP contribution in [-0.4, -0.2) is 29.4 Å². The van der Waals surface area contributed by atoms with E-state index in [1.165, 1.54) is 10.1 Å². The van der Waals surface area contributed by atoms with Crippen LogP contribution in [0, 0.1) is 0 Å². The quantitative estimate of drug-likeness (QED) is 0.587. The number of amides is 2. The van der Waals surface area contributed by atoms with Gasteiger partial charge < -0.3 is 4.90 Å². The van der Waals surface area contributed by atoms with Crippen LogP contribution in [0.3, 0.4) is 0 Å². The number of carbonyl (C=O) groups is 1. The van der Waals surface area contributed by atoms with Gasteiger partial charge in [0.15, 0.2) is 6.17 Å². The fourth-order valence-electron chi connectivity index (χ4n) is 4.60. The lowest BCUT2D eigenvalue weighted by Gasteiger charge is -2.33. The predicted octanol–water partition coefficient (Wildman–Crippen LogP) is 4.68. The predicted molar refractivity (Wildman–Crippen MR) is 118 cm³/mol. The number of rotatable bonds is 6. The average Bonchev–Trinajstić information content (AvgIpc) is 3.17. The van der Waals surface area contributed by atoms with E-state index < -0.39 is 5.54 Å². The first-order valence-corrected chi connectivity index (χ1v) is 10.4. The molecule has 3 aromatic rings. The van der Waals surface area contributed by atoms with E-state index in [-0.39, 0.29) is 12.2 Å². The highest BCUT2D eigenvalue weighted by Crippen LogP contribution is 2.52. The van der Waals surface area contributed by atoms with Crippen molar-refractivity contribution in [3.8, 4) is 0 Å². The van der Waals surface area contributed by atoms with Crippen LogP contribution >= 0.6 is 0 Å². The molecule has 0 aliphatic carbocycles. The molecule has 1 fully saturated rings. The number of carbonyl (C=O) groups excluding carboxylic acids is 1. The first kappa shape index (κ1) is 19.6. The van der Waals surface area contributed by atoms with Gasteiger partial charge in [0.2, 0.25) is 0 Å². The Bertz CT molecular complexity index is 1080. The SMILES string of the molecule is CN1c2ccccc2[C@@]2(C)[C@@H]1N(OCc1ccccc1)C(=O)N2OCc1ccccc1. The van der Waals surface area contributed by atoms with Crippen molar-refractivity contribution < 1.29 is 14.5 Å². The summed E-state index contributed by atoms with van der Waals surface area (Å²) in [6.07, 6.45) is -0.350. The van der Waals surface area contributed by atoms with E-state index in [1.54, 1.807) is 0 Å². The van der Waals surface area contributed by atoms with Crippen molar-refractivity contribution in [2.45, 2.75) is 31.8 Å². The van der Waals surface area contributed by atoms with Crippen molar-refractivity contribution in [2.75, 3.05) is 11.9 Å². The maximum Gasteiger partial charge on any atom is 0.370 e. The molecule has 6 nitrogen and oxygen atoms in total. The second kappa shape index (κ2) is 7.72. The van der Waals surface area contributed by atoms with E-state index in [9.17, 15) is 4.79 Å². The van der Waals surface area contributed by atoms with E-state index in [0.29, 0.717) is 13.2 Å². The maximum atomic E-state index is 13.5. The number of urea groups is 1. The highest BCUT2D eigenvalue weighted by atomic mass is 16.7. The summed E-state index contributed by atoms with van der Waals surface area (Å²) >= 11 is 0. The average molecular weight is 415 g/mol. The first-order valence-electron chi connectivity index (χ1n) is 10.4. The van der Waals surface area contributed by atoms with E-state index >= 15 is 0 Å². The van der Waals surface area contributed by atoms with Gasteiger partial charge in [-0.25, -0.2) is 4.79 Å². The zero-order valence-electron chi connectivity index (χ0n) is 17.6. The fourth-order valence-corrected chi connectivity index (χ4v) is 4.60. The summed E-state index contributed by atoms with van der Waals surface area (Å²) in [5.74, 6) is 0. The Morgan fingerprint density at radius 1 is 0.806 bits per heavy atom. The Hall–Kier alpha value is -3.35. The minimum Gasteiger partial charge on any atom is -0.350 e. The number of nitrogens with zero attached hydrogens (tertiary/aromatic N) is 3. The molecular formula is C25H25N3O3. The number of hydrogen-bond donors (Lipinski definition) is 0. The highest BCUT2D eigenvalue weighted by molar-refractivity contribution is 5.81. The monoisotopic (exact) mass is 415 g/mol. The molecule has 0 saturated carbocycles. The molecule has 2 heterocycles. The molecule has 5 rings (SSSR count). The molecule has 0 radical (unpaired) electrons. The molecule has 0 N–H and O–H groups in total. The lowest BCUT2D eigenvalue weighted by atomic mass is 9.92. The van der Waals surface area contributed by atoms with Gasteiger partial charge in [0, 0.05) is 18.3 Å². The van der Waals surface area contributed by atoms with Gasteiger partial charge in [-0.15, -0.1) is 0 Å². The molecule has 0 bridgehead atoms. The summed E-state index contributed by atoms with van der Waals surface area (Å²) in [6, 6.07) is 27.5. The van der Waals surface area contributed by atoms with E-state index in [0.717, 1.165) is 22.4 Å². The Labute approximate surface area is 182 Å². The van der Waals surface area contributed by atoms with E-state index in [2.05, 4.69) is 17.0 Å². The topological polar surface area (TPSA) is 45.2 Å². The molecule has 0 aromatic heterocycles. The first-order chi connectivity index (χ1) is 15.1. The summed E-state index contributed by atoms with van der Waals surface area (Å²) in [6.45, 7) is 2.64. The summed E-state index contributed by atoms with van der Waals surface area (Å²) in [7, 11) is 1.99. The second-order valence-corrected chi connectivity index (χ2v) is 8.07. The molecule has 31 heavy (non-hydrogen) atoms. The smallest absolute Gasteiger partial charge is 0.350 e. The van der Waals surface area contributed by atoms with Crippen molar-refractivity contribution in [1.82, 2.24) is 10.1 Å². The van der Waals surface area contributed by atoms with Crippen molar-refractivity contribution in [3.63, 3.8) is 0 Å². The van der Waals surface area contributed by atoms with Crippen molar-refractivity contribution in [1.29, 1.82) is 0 Å². The molecule has 2 aliphatic rings. The summed E-state index contributed by atoms with van der Waals surface area (Å²) in [5, 5.41) is 2.94. The number of hydroxylamine groups is 4. The van der Waals surface area contributed by atoms with Crippen molar-refractivity contribution in [2.24, 2.45) is 0 Å². The number of hydrogen-bond acceptors (Lipinski definition) is 4. The molecule has 2 atom stereocenters. The van der Waals surface area contributed by atoms with Crippen LogP contribution < -0.4 is 4.90 Å².